The van der Waals surface area contributed by atoms with Crippen LogP contribution in [0.5, 0.6) is 0 Å². The minimum absolute atomic E-state index is 0. The molecule has 0 saturated carbocycles. The number of hydrogen-bond donors (Lipinski definition) is 1. The Morgan fingerprint density at radius 2 is 2.00 bits per heavy atom. The molecule has 0 aliphatic rings. The number of thiol groups is 1. The smallest absolute Gasteiger partial charge is 0.212 e. The van der Waals surface area contributed by atoms with E-state index in [0.29, 0.717) is 0 Å². The molecule has 10 heavy (non-hydrogen) atoms. The molecule has 1 aromatic carbocycles. The van der Waals surface area contributed by atoms with Crippen molar-refractivity contribution in [3.63, 3.8) is 0 Å². The van der Waals surface area contributed by atoms with Gasteiger partial charge in [-0.3, -0.25) is 0 Å². The van der Waals surface area contributed by atoms with E-state index < -0.39 is 0 Å². The van der Waals surface area contributed by atoms with Gasteiger partial charge in [0.2, 0.25) is 0 Å². The second-order valence-corrected chi connectivity index (χ2v) is 2.53. The molecule has 1 aromatic rings. The largest absolute Gasteiger partial charge is 1.00 e. The van der Waals surface area contributed by atoms with E-state index in [1.54, 1.807) is 0 Å². The zero-order valence-corrected chi connectivity index (χ0v) is 8.37. The van der Waals surface area contributed by atoms with Crippen LogP contribution in [0.1, 0.15) is 11.1 Å². The number of rotatable bonds is 0. The van der Waals surface area contributed by atoms with Gasteiger partial charge in [0.25, 0.3) is 0 Å². The normalized spacial score (nSPS) is 8.60. The molecule has 0 bridgehead atoms. The number of benzene rings is 1. The van der Waals surface area contributed by atoms with Gasteiger partial charge in [-0.2, -0.15) is 18.6 Å². The molecule has 0 amide bonds. The molecule has 2 heteroatoms. The average molecular weight is 238 g/mol. The third-order valence-corrected chi connectivity index (χ3v) is 1.96. The Hall–Kier alpha value is 0.0634. The van der Waals surface area contributed by atoms with Crippen LogP contribution in [0.15, 0.2) is 23.1 Å². The Labute approximate surface area is 80.2 Å². The molecule has 0 unspecified atom stereocenters. The molecule has 0 heterocycles. The van der Waals surface area contributed by atoms with Gasteiger partial charge in [0.05, 0.1) is 0 Å². The monoisotopic (exact) mass is 239 g/mol. The van der Waals surface area contributed by atoms with Gasteiger partial charge < -0.3 is 0 Å². The maximum Gasteiger partial charge on any atom is 1.00 e. The molecule has 0 aliphatic carbocycles. The first-order valence-electron chi connectivity index (χ1n) is 2.82. The Balaban J connectivity index is 0.000000810. The van der Waals surface area contributed by atoms with Gasteiger partial charge in [-0.15, -0.1) is 6.07 Å². The summed E-state index contributed by atoms with van der Waals surface area (Å²) < 4.78 is 0. The van der Waals surface area contributed by atoms with Crippen LogP contribution < -0.4 is 0 Å². The van der Waals surface area contributed by atoms with E-state index in [4.69, 9.17) is 0 Å². The van der Waals surface area contributed by atoms with E-state index in [0.717, 1.165) is 10.5 Å². The van der Waals surface area contributed by atoms with Crippen LogP contribution in [-0.2, 0) is 19.5 Å². The van der Waals surface area contributed by atoms with Crippen molar-refractivity contribution >= 4 is 12.6 Å². The first-order chi connectivity index (χ1) is 4.22. The van der Waals surface area contributed by atoms with Crippen LogP contribution >= 0.6 is 12.6 Å². The maximum atomic E-state index is 4.25. The molecule has 0 aromatic heterocycles. The zero-order valence-electron chi connectivity index (χ0n) is 5.74. The molecule has 55 valence electrons. The van der Waals surface area contributed by atoms with E-state index in [-0.39, 0.29) is 19.5 Å². The zero-order chi connectivity index (χ0) is 6.85. The van der Waals surface area contributed by atoms with Crippen molar-refractivity contribution in [3.8, 4) is 0 Å². The summed E-state index contributed by atoms with van der Waals surface area (Å²) in [5, 5.41) is 0. The standard InChI is InChI=1S/C8H9S.Ru/c1-6-4-3-5-7(2)8(6)9;/h3-5,9H,1H2,2H3;/q-1;+1. The van der Waals surface area contributed by atoms with Crippen molar-refractivity contribution in [2.45, 2.75) is 11.8 Å². The van der Waals surface area contributed by atoms with Crippen LogP contribution in [0.25, 0.3) is 0 Å². The summed E-state index contributed by atoms with van der Waals surface area (Å²) in [6.07, 6.45) is 0. The van der Waals surface area contributed by atoms with Crippen molar-refractivity contribution in [1.29, 1.82) is 0 Å². The van der Waals surface area contributed by atoms with Gasteiger partial charge in [-0.25, -0.2) is 12.6 Å². The minimum Gasteiger partial charge on any atom is -0.212 e. The summed E-state index contributed by atoms with van der Waals surface area (Å²) in [6.45, 7) is 5.83. The van der Waals surface area contributed by atoms with Gasteiger partial charge in [0.15, 0.2) is 0 Å². The summed E-state index contributed by atoms with van der Waals surface area (Å²) in [5.74, 6) is 0. The SMILES string of the molecule is [CH2-]c1cccc(C)c1S.[Ru+]. The third kappa shape index (κ3) is 2.03. The van der Waals surface area contributed by atoms with Gasteiger partial charge >= 0.3 is 19.5 Å². The van der Waals surface area contributed by atoms with Gasteiger partial charge in [0, 0.05) is 0 Å². The quantitative estimate of drug-likeness (QED) is 0.400. The van der Waals surface area contributed by atoms with Crippen molar-refractivity contribution < 1.29 is 19.5 Å². The fraction of sp³-hybridized carbons (Fsp3) is 0.125. The van der Waals surface area contributed by atoms with Gasteiger partial charge in [-0.1, -0.05) is 23.4 Å². The molecule has 0 N–H and O–H groups in total. The Bertz CT molecular complexity index is 200. The van der Waals surface area contributed by atoms with Crippen molar-refractivity contribution in [3.05, 3.63) is 36.2 Å². The second kappa shape index (κ2) is 4.05. The minimum atomic E-state index is 0. The predicted molar refractivity (Wildman–Crippen MR) is 42.9 cm³/mol. The molecule has 0 saturated heterocycles. The van der Waals surface area contributed by atoms with E-state index >= 15 is 0 Å². The molecule has 0 spiro atoms. The first-order valence-corrected chi connectivity index (χ1v) is 3.27. The van der Waals surface area contributed by atoms with Crippen molar-refractivity contribution in [2.75, 3.05) is 0 Å². The Morgan fingerprint density at radius 3 is 2.40 bits per heavy atom. The molecule has 0 atom stereocenters. The number of hydrogen-bond acceptors (Lipinski definition) is 1. The Kier molecular flexibility index (Phi) is 4.08. The van der Waals surface area contributed by atoms with Crippen molar-refractivity contribution in [1.82, 2.24) is 0 Å². The first kappa shape index (κ1) is 10.1. The second-order valence-electron chi connectivity index (χ2n) is 2.08. The predicted octanol–water partition coefficient (Wildman–Crippen LogP) is 2.46. The van der Waals surface area contributed by atoms with Crippen LogP contribution in [0, 0.1) is 13.8 Å². The molecule has 0 aliphatic heterocycles. The van der Waals surface area contributed by atoms with Crippen LogP contribution in [-0.4, -0.2) is 0 Å². The number of aryl methyl sites for hydroxylation is 1. The maximum absolute atomic E-state index is 4.25. The van der Waals surface area contributed by atoms with Crippen molar-refractivity contribution in [2.24, 2.45) is 0 Å². The molecular weight excluding hydrogens is 229 g/mol. The van der Waals surface area contributed by atoms with E-state index in [1.807, 2.05) is 25.1 Å². The molecule has 0 nitrogen and oxygen atoms in total. The molecule has 1 rings (SSSR count). The fourth-order valence-electron chi connectivity index (χ4n) is 0.720. The summed E-state index contributed by atoms with van der Waals surface area (Å²) in [5.41, 5.74) is 2.18. The van der Waals surface area contributed by atoms with Crippen LogP contribution in [0.2, 0.25) is 0 Å². The van der Waals surface area contributed by atoms with E-state index in [9.17, 15) is 0 Å². The van der Waals surface area contributed by atoms with Crippen LogP contribution in [0.4, 0.5) is 0 Å². The topological polar surface area (TPSA) is 0 Å². The van der Waals surface area contributed by atoms with Gasteiger partial charge in [-0.05, 0) is 0 Å². The summed E-state index contributed by atoms with van der Waals surface area (Å²) in [7, 11) is 0. The summed E-state index contributed by atoms with van der Waals surface area (Å²) in [4.78, 5) is 0.998. The molecular formula is C8H9RuS. The molecule has 1 radical (unpaired) electrons. The summed E-state index contributed by atoms with van der Waals surface area (Å²) >= 11 is 4.25. The van der Waals surface area contributed by atoms with Crippen LogP contribution in [0.3, 0.4) is 0 Å². The van der Waals surface area contributed by atoms with E-state index in [1.165, 1.54) is 5.56 Å². The third-order valence-electron chi connectivity index (χ3n) is 1.32. The fourth-order valence-corrected chi connectivity index (χ4v) is 0.869. The Morgan fingerprint density at radius 1 is 1.40 bits per heavy atom. The van der Waals surface area contributed by atoms with E-state index in [2.05, 4.69) is 19.6 Å². The summed E-state index contributed by atoms with van der Waals surface area (Å²) in [6, 6.07) is 5.96. The van der Waals surface area contributed by atoms with Gasteiger partial charge in [0.1, 0.15) is 0 Å². The molecule has 0 fully saturated rings. The average Bonchev–Trinajstić information content (AvgIpc) is 1.83.